The first-order chi connectivity index (χ1) is 10.5. The smallest absolute Gasteiger partial charge is 0.130 e. The van der Waals surface area contributed by atoms with Gasteiger partial charge in [-0.15, -0.1) is 0 Å². The molecule has 3 N–H and O–H groups in total. The van der Waals surface area contributed by atoms with E-state index in [0.29, 0.717) is 6.54 Å². The summed E-state index contributed by atoms with van der Waals surface area (Å²) >= 11 is 0. The van der Waals surface area contributed by atoms with E-state index in [-0.39, 0.29) is 6.04 Å². The SMILES string of the molecule is CCn1nc(C)c(C(C)Nc2cc(CCN)nc(C)n2)c1C. The minimum atomic E-state index is 0.139. The Kier molecular flexibility index (Phi) is 5.13. The van der Waals surface area contributed by atoms with Crippen LogP contribution in [-0.4, -0.2) is 26.3 Å². The van der Waals surface area contributed by atoms with Gasteiger partial charge in [0.25, 0.3) is 0 Å². The number of nitrogens with zero attached hydrogens (tertiary/aromatic N) is 4. The van der Waals surface area contributed by atoms with Crippen LogP contribution in [0.3, 0.4) is 0 Å². The molecule has 0 amide bonds. The molecule has 0 bridgehead atoms. The summed E-state index contributed by atoms with van der Waals surface area (Å²) in [6, 6.07) is 2.12. The van der Waals surface area contributed by atoms with Crippen LogP contribution in [0.4, 0.5) is 5.82 Å². The number of aryl methyl sites for hydroxylation is 3. The van der Waals surface area contributed by atoms with Crippen LogP contribution in [0.15, 0.2) is 6.07 Å². The lowest BCUT2D eigenvalue weighted by Gasteiger charge is -2.16. The fourth-order valence-electron chi connectivity index (χ4n) is 2.92. The first kappa shape index (κ1) is 16.4. The number of aromatic nitrogens is 4. The number of anilines is 1. The second kappa shape index (κ2) is 6.87. The molecule has 0 radical (unpaired) electrons. The highest BCUT2D eigenvalue weighted by atomic mass is 15.3. The van der Waals surface area contributed by atoms with Gasteiger partial charge in [0, 0.05) is 36.0 Å². The molecule has 6 heteroatoms. The van der Waals surface area contributed by atoms with E-state index in [9.17, 15) is 0 Å². The quantitative estimate of drug-likeness (QED) is 0.855. The second-order valence-corrected chi connectivity index (χ2v) is 5.60. The molecule has 0 aromatic carbocycles. The Bertz CT molecular complexity index is 646. The van der Waals surface area contributed by atoms with Crippen LogP contribution < -0.4 is 11.1 Å². The molecule has 22 heavy (non-hydrogen) atoms. The van der Waals surface area contributed by atoms with Gasteiger partial charge in [0.05, 0.1) is 11.7 Å². The number of nitrogens with one attached hydrogen (secondary N) is 1. The predicted octanol–water partition coefficient (Wildman–Crippen LogP) is 2.29. The first-order valence-corrected chi connectivity index (χ1v) is 7.81. The summed E-state index contributed by atoms with van der Waals surface area (Å²) in [5.41, 5.74) is 10.1. The highest BCUT2D eigenvalue weighted by Crippen LogP contribution is 2.24. The van der Waals surface area contributed by atoms with Crippen LogP contribution >= 0.6 is 0 Å². The second-order valence-electron chi connectivity index (χ2n) is 5.60. The minimum Gasteiger partial charge on any atom is -0.363 e. The van der Waals surface area contributed by atoms with Crippen molar-refractivity contribution in [1.29, 1.82) is 0 Å². The molecule has 2 aromatic rings. The molecule has 0 aliphatic rings. The lowest BCUT2D eigenvalue weighted by atomic mass is 10.1. The van der Waals surface area contributed by atoms with Gasteiger partial charge >= 0.3 is 0 Å². The largest absolute Gasteiger partial charge is 0.363 e. The van der Waals surface area contributed by atoms with Crippen LogP contribution in [0.5, 0.6) is 0 Å². The zero-order valence-corrected chi connectivity index (χ0v) is 14.1. The standard InChI is InChI=1S/C16H26N6/c1-6-22-12(4)16(11(3)21-22)10(2)18-15-9-14(7-8-17)19-13(5)20-15/h9-10H,6-8,17H2,1-5H3,(H,18,19,20). The van der Waals surface area contributed by atoms with E-state index in [1.165, 1.54) is 11.3 Å². The summed E-state index contributed by atoms with van der Waals surface area (Å²) in [6.07, 6.45) is 0.762. The summed E-state index contributed by atoms with van der Waals surface area (Å²) in [4.78, 5) is 8.89. The molecule has 0 spiro atoms. The zero-order valence-electron chi connectivity index (χ0n) is 14.1. The Labute approximate surface area is 132 Å². The monoisotopic (exact) mass is 302 g/mol. The number of nitrogens with two attached hydrogens (primary N) is 1. The van der Waals surface area contributed by atoms with Gasteiger partial charge in [-0.25, -0.2) is 9.97 Å². The molecule has 0 aliphatic carbocycles. The number of rotatable bonds is 6. The average Bonchev–Trinajstić information content (AvgIpc) is 2.73. The summed E-state index contributed by atoms with van der Waals surface area (Å²) < 4.78 is 2.04. The molecule has 2 aromatic heterocycles. The van der Waals surface area contributed by atoms with E-state index in [4.69, 9.17) is 5.73 Å². The number of hydrogen-bond acceptors (Lipinski definition) is 5. The minimum absolute atomic E-state index is 0.139. The van der Waals surface area contributed by atoms with Crippen LogP contribution in [0.1, 0.15) is 48.4 Å². The van der Waals surface area contributed by atoms with E-state index in [2.05, 4.69) is 48.1 Å². The van der Waals surface area contributed by atoms with Crippen molar-refractivity contribution < 1.29 is 0 Å². The molecule has 2 heterocycles. The van der Waals surface area contributed by atoms with E-state index in [0.717, 1.165) is 36.0 Å². The van der Waals surface area contributed by atoms with E-state index >= 15 is 0 Å². The molecule has 0 saturated carbocycles. The van der Waals surface area contributed by atoms with Gasteiger partial charge < -0.3 is 11.1 Å². The van der Waals surface area contributed by atoms with Crippen molar-refractivity contribution in [1.82, 2.24) is 19.7 Å². The molecule has 1 unspecified atom stereocenters. The zero-order chi connectivity index (χ0) is 16.3. The molecular weight excluding hydrogens is 276 g/mol. The Morgan fingerprint density at radius 1 is 1.27 bits per heavy atom. The lowest BCUT2D eigenvalue weighted by Crippen LogP contribution is -2.12. The van der Waals surface area contributed by atoms with Crippen LogP contribution in [0, 0.1) is 20.8 Å². The predicted molar refractivity (Wildman–Crippen MR) is 88.9 cm³/mol. The van der Waals surface area contributed by atoms with Crippen molar-refractivity contribution in [2.45, 2.75) is 53.6 Å². The van der Waals surface area contributed by atoms with E-state index in [1.807, 2.05) is 17.7 Å². The summed E-state index contributed by atoms with van der Waals surface area (Å²) in [6.45, 7) is 11.8. The fraction of sp³-hybridized carbons (Fsp3) is 0.562. The van der Waals surface area contributed by atoms with Crippen molar-refractivity contribution in [2.24, 2.45) is 5.73 Å². The van der Waals surface area contributed by atoms with Crippen LogP contribution in [0.2, 0.25) is 0 Å². The average molecular weight is 302 g/mol. The Hall–Kier alpha value is -1.95. The van der Waals surface area contributed by atoms with Gasteiger partial charge in [0.15, 0.2) is 0 Å². The normalized spacial score (nSPS) is 12.5. The molecular formula is C16H26N6. The Morgan fingerprint density at radius 3 is 2.59 bits per heavy atom. The summed E-state index contributed by atoms with van der Waals surface area (Å²) in [5.74, 6) is 1.60. The van der Waals surface area contributed by atoms with Crippen LogP contribution in [-0.2, 0) is 13.0 Å². The van der Waals surface area contributed by atoms with E-state index in [1.54, 1.807) is 0 Å². The van der Waals surface area contributed by atoms with Crippen molar-refractivity contribution in [3.05, 3.63) is 34.5 Å². The van der Waals surface area contributed by atoms with Crippen molar-refractivity contribution in [2.75, 3.05) is 11.9 Å². The maximum absolute atomic E-state index is 5.62. The Morgan fingerprint density at radius 2 is 2.00 bits per heavy atom. The molecule has 0 saturated heterocycles. The highest BCUT2D eigenvalue weighted by molar-refractivity contribution is 5.41. The summed E-state index contributed by atoms with van der Waals surface area (Å²) in [5, 5.41) is 8.05. The van der Waals surface area contributed by atoms with Gasteiger partial charge in [-0.1, -0.05) is 0 Å². The lowest BCUT2D eigenvalue weighted by molar-refractivity contribution is 0.632. The molecule has 0 aliphatic heterocycles. The third-order valence-electron chi connectivity index (χ3n) is 3.83. The molecule has 1 atom stereocenters. The molecule has 120 valence electrons. The van der Waals surface area contributed by atoms with Crippen molar-refractivity contribution in [3.63, 3.8) is 0 Å². The molecule has 0 fully saturated rings. The number of hydrogen-bond donors (Lipinski definition) is 2. The third-order valence-corrected chi connectivity index (χ3v) is 3.83. The van der Waals surface area contributed by atoms with E-state index < -0.39 is 0 Å². The van der Waals surface area contributed by atoms with Gasteiger partial charge in [-0.05, 0) is 41.2 Å². The third kappa shape index (κ3) is 3.44. The summed E-state index contributed by atoms with van der Waals surface area (Å²) in [7, 11) is 0. The van der Waals surface area contributed by atoms with Gasteiger partial charge in [-0.2, -0.15) is 5.10 Å². The van der Waals surface area contributed by atoms with Crippen LogP contribution in [0.25, 0.3) is 0 Å². The maximum atomic E-state index is 5.62. The van der Waals surface area contributed by atoms with Crippen molar-refractivity contribution >= 4 is 5.82 Å². The molecule has 6 nitrogen and oxygen atoms in total. The fourth-order valence-corrected chi connectivity index (χ4v) is 2.92. The van der Waals surface area contributed by atoms with Gasteiger partial charge in [-0.3, -0.25) is 4.68 Å². The van der Waals surface area contributed by atoms with Gasteiger partial charge in [0.1, 0.15) is 11.6 Å². The van der Waals surface area contributed by atoms with Gasteiger partial charge in [0.2, 0.25) is 0 Å². The Balaban J connectivity index is 2.25. The first-order valence-electron chi connectivity index (χ1n) is 7.81. The molecule has 2 rings (SSSR count). The maximum Gasteiger partial charge on any atom is 0.130 e. The highest BCUT2D eigenvalue weighted by Gasteiger charge is 2.17. The topological polar surface area (TPSA) is 81.7 Å². The van der Waals surface area contributed by atoms with Crippen molar-refractivity contribution in [3.8, 4) is 0 Å².